The van der Waals surface area contributed by atoms with Crippen molar-refractivity contribution in [1.29, 1.82) is 0 Å². The van der Waals surface area contributed by atoms with Crippen LogP contribution in [0.2, 0.25) is 0 Å². The molecule has 3 heteroatoms. The first-order valence-corrected chi connectivity index (χ1v) is 5.10. The van der Waals surface area contributed by atoms with Gasteiger partial charge in [0, 0.05) is 24.3 Å². The first-order chi connectivity index (χ1) is 6.83. The maximum Gasteiger partial charge on any atom is 0.158 e. The van der Waals surface area contributed by atoms with Crippen molar-refractivity contribution in [2.24, 2.45) is 0 Å². The Kier molecular flexibility index (Phi) is 3.63. The predicted octanol–water partition coefficient (Wildman–Crippen LogP) is 2.63. The van der Waals surface area contributed by atoms with Crippen LogP contribution in [0.4, 0.5) is 0 Å². The number of hydrogen-bond acceptors (Lipinski definition) is 2. The monoisotopic (exact) mass is 191 g/mol. The van der Waals surface area contributed by atoms with Gasteiger partial charge in [0.1, 0.15) is 0 Å². The Morgan fingerprint density at radius 2 is 2.00 bits per heavy atom. The summed E-state index contributed by atoms with van der Waals surface area (Å²) in [6, 6.07) is 0. The van der Waals surface area contributed by atoms with Crippen LogP contribution in [0.3, 0.4) is 0 Å². The number of fused-ring (bicyclic) bond motifs is 1. The summed E-state index contributed by atoms with van der Waals surface area (Å²) in [7, 11) is 0. The number of aryl methyl sites for hydroxylation is 2. The van der Waals surface area contributed by atoms with Crippen LogP contribution in [-0.2, 0) is 6.42 Å². The summed E-state index contributed by atoms with van der Waals surface area (Å²) in [5.41, 5.74) is 3.17. The molecule has 0 atom stereocenters. The van der Waals surface area contributed by atoms with E-state index in [4.69, 9.17) is 0 Å². The summed E-state index contributed by atoms with van der Waals surface area (Å²) in [5, 5.41) is 0. The van der Waals surface area contributed by atoms with Crippen LogP contribution >= 0.6 is 0 Å². The molecule has 0 saturated carbocycles. The summed E-state index contributed by atoms with van der Waals surface area (Å²) in [5.74, 6) is 0. The molecule has 2 rings (SSSR count). The lowest BCUT2D eigenvalue weighted by Gasteiger charge is -2.01. The minimum Gasteiger partial charge on any atom is -0.301 e. The molecule has 0 N–H and O–H groups in total. The predicted molar refractivity (Wildman–Crippen MR) is 58.5 cm³/mol. The lowest BCUT2D eigenvalue weighted by molar-refractivity contribution is 0.962. The quantitative estimate of drug-likeness (QED) is 0.693. The highest BCUT2D eigenvalue weighted by Crippen LogP contribution is 2.08. The van der Waals surface area contributed by atoms with E-state index in [1.807, 2.05) is 39.4 Å². The molecule has 0 fully saturated rings. The Hall–Kier alpha value is -1.38. The molecule has 3 nitrogen and oxygen atoms in total. The first kappa shape index (κ1) is 10.7. The van der Waals surface area contributed by atoms with E-state index in [1.54, 1.807) is 0 Å². The van der Waals surface area contributed by atoms with Crippen molar-refractivity contribution in [3.63, 3.8) is 0 Å². The van der Waals surface area contributed by atoms with Gasteiger partial charge in [-0.25, -0.2) is 4.98 Å². The van der Waals surface area contributed by atoms with Crippen molar-refractivity contribution in [3.05, 3.63) is 30.0 Å². The summed E-state index contributed by atoms with van der Waals surface area (Å²) in [6.07, 6.45) is 6.59. The Balaban J connectivity index is 0.000000461. The van der Waals surface area contributed by atoms with Crippen LogP contribution in [0.25, 0.3) is 5.65 Å². The lowest BCUT2D eigenvalue weighted by atomic mass is 10.3. The van der Waals surface area contributed by atoms with E-state index in [-0.39, 0.29) is 0 Å². The van der Waals surface area contributed by atoms with Gasteiger partial charge in [-0.3, -0.25) is 4.98 Å². The molecule has 0 unspecified atom stereocenters. The normalized spacial score (nSPS) is 9.71. The molecule has 0 aliphatic heterocycles. The lowest BCUT2D eigenvalue weighted by Crippen LogP contribution is -1.97. The zero-order valence-electron chi connectivity index (χ0n) is 9.28. The van der Waals surface area contributed by atoms with E-state index in [0.717, 1.165) is 23.5 Å². The third-order valence-electron chi connectivity index (χ3n) is 2.02. The zero-order valence-corrected chi connectivity index (χ0v) is 9.28. The molecular weight excluding hydrogens is 174 g/mol. The molecule has 0 aliphatic rings. The molecule has 0 amide bonds. The Morgan fingerprint density at radius 3 is 2.64 bits per heavy atom. The maximum atomic E-state index is 4.31. The van der Waals surface area contributed by atoms with Crippen LogP contribution in [0.5, 0.6) is 0 Å². The highest BCUT2D eigenvalue weighted by atomic mass is 15.0. The Morgan fingerprint density at radius 1 is 1.29 bits per heavy atom. The van der Waals surface area contributed by atoms with E-state index >= 15 is 0 Å². The van der Waals surface area contributed by atoms with Gasteiger partial charge in [-0.1, -0.05) is 20.8 Å². The van der Waals surface area contributed by atoms with Gasteiger partial charge in [0.2, 0.25) is 0 Å². The summed E-state index contributed by atoms with van der Waals surface area (Å²) >= 11 is 0. The summed E-state index contributed by atoms with van der Waals surface area (Å²) < 4.78 is 2.06. The number of imidazole rings is 1. The molecular formula is C11H17N3. The van der Waals surface area contributed by atoms with Gasteiger partial charge < -0.3 is 4.40 Å². The zero-order chi connectivity index (χ0) is 10.6. The molecule has 2 aromatic heterocycles. The summed E-state index contributed by atoms with van der Waals surface area (Å²) in [4.78, 5) is 8.56. The Labute approximate surface area is 84.8 Å². The van der Waals surface area contributed by atoms with E-state index in [2.05, 4.69) is 21.3 Å². The molecule has 0 aromatic carbocycles. The van der Waals surface area contributed by atoms with Gasteiger partial charge in [0.05, 0.1) is 5.69 Å². The minimum atomic E-state index is 0.931. The second-order valence-electron chi connectivity index (χ2n) is 2.82. The third kappa shape index (κ3) is 1.76. The molecule has 2 aromatic rings. The molecule has 0 spiro atoms. The van der Waals surface area contributed by atoms with Gasteiger partial charge >= 0.3 is 0 Å². The number of nitrogens with zero attached hydrogens (tertiary/aromatic N) is 3. The van der Waals surface area contributed by atoms with Crippen LogP contribution in [0, 0.1) is 6.92 Å². The van der Waals surface area contributed by atoms with Gasteiger partial charge in [0.15, 0.2) is 5.65 Å². The van der Waals surface area contributed by atoms with E-state index in [0.29, 0.717) is 0 Å². The highest BCUT2D eigenvalue weighted by Gasteiger charge is 2.02. The standard InChI is InChI=1S/C9H11N3.C2H6/c1-3-8-9-10-4-5-12(9)7(2)6-11-8;1-2/h4-6H,3H2,1-2H3;1-2H3. The maximum absolute atomic E-state index is 4.31. The number of rotatable bonds is 1. The topological polar surface area (TPSA) is 30.2 Å². The van der Waals surface area contributed by atoms with E-state index < -0.39 is 0 Å². The van der Waals surface area contributed by atoms with Crippen molar-refractivity contribution in [2.45, 2.75) is 34.1 Å². The fourth-order valence-electron chi connectivity index (χ4n) is 1.34. The SMILES string of the molecule is CC.CCc1ncc(C)n2ccnc12. The van der Waals surface area contributed by atoms with Crippen LogP contribution in [0.1, 0.15) is 32.2 Å². The van der Waals surface area contributed by atoms with Gasteiger partial charge in [-0.2, -0.15) is 0 Å². The smallest absolute Gasteiger partial charge is 0.158 e. The second-order valence-corrected chi connectivity index (χ2v) is 2.82. The van der Waals surface area contributed by atoms with Crippen LogP contribution < -0.4 is 0 Å². The molecule has 0 saturated heterocycles. The average Bonchev–Trinajstić information content (AvgIpc) is 2.71. The van der Waals surface area contributed by atoms with Gasteiger partial charge in [-0.05, 0) is 13.3 Å². The Bertz CT molecular complexity index is 404. The van der Waals surface area contributed by atoms with Crippen molar-refractivity contribution in [1.82, 2.24) is 14.4 Å². The number of hydrogen-bond donors (Lipinski definition) is 0. The summed E-state index contributed by atoms with van der Waals surface area (Å²) in [6.45, 7) is 8.12. The third-order valence-corrected chi connectivity index (χ3v) is 2.02. The fraction of sp³-hybridized carbons (Fsp3) is 0.455. The number of aromatic nitrogens is 3. The molecule has 2 heterocycles. The van der Waals surface area contributed by atoms with Gasteiger partial charge in [-0.15, -0.1) is 0 Å². The van der Waals surface area contributed by atoms with Crippen molar-refractivity contribution in [2.75, 3.05) is 0 Å². The largest absolute Gasteiger partial charge is 0.301 e. The molecule has 76 valence electrons. The van der Waals surface area contributed by atoms with Crippen molar-refractivity contribution < 1.29 is 0 Å². The fourth-order valence-corrected chi connectivity index (χ4v) is 1.34. The minimum absolute atomic E-state index is 0.931. The van der Waals surface area contributed by atoms with Gasteiger partial charge in [0.25, 0.3) is 0 Å². The van der Waals surface area contributed by atoms with Crippen molar-refractivity contribution >= 4 is 5.65 Å². The first-order valence-electron chi connectivity index (χ1n) is 5.10. The van der Waals surface area contributed by atoms with Crippen LogP contribution in [0.15, 0.2) is 18.6 Å². The molecule has 0 bridgehead atoms. The van der Waals surface area contributed by atoms with Crippen LogP contribution in [-0.4, -0.2) is 14.4 Å². The van der Waals surface area contributed by atoms with Crippen molar-refractivity contribution in [3.8, 4) is 0 Å². The molecule has 0 radical (unpaired) electrons. The van der Waals surface area contributed by atoms with E-state index in [1.165, 1.54) is 0 Å². The molecule has 0 aliphatic carbocycles. The highest BCUT2D eigenvalue weighted by molar-refractivity contribution is 5.44. The van der Waals surface area contributed by atoms with E-state index in [9.17, 15) is 0 Å². The average molecular weight is 191 g/mol. The second kappa shape index (κ2) is 4.74. The molecule has 14 heavy (non-hydrogen) atoms.